The van der Waals surface area contributed by atoms with Gasteiger partial charge in [0.05, 0.1) is 0 Å². The maximum Gasteiger partial charge on any atom is 0.223 e. The highest BCUT2D eigenvalue weighted by molar-refractivity contribution is 6.30. The SMILES string of the molecule is COCCCN1C(C)CN(C(=O)CCC(=O)c2ccc(Cl)cc2)CC1C. The van der Waals surface area contributed by atoms with E-state index in [2.05, 4.69) is 18.7 Å². The van der Waals surface area contributed by atoms with Gasteiger partial charge in [0.1, 0.15) is 0 Å². The van der Waals surface area contributed by atoms with Crippen molar-refractivity contribution < 1.29 is 14.3 Å². The van der Waals surface area contributed by atoms with Gasteiger partial charge in [-0.2, -0.15) is 0 Å². The van der Waals surface area contributed by atoms with Crippen molar-refractivity contribution in [1.82, 2.24) is 9.80 Å². The van der Waals surface area contributed by atoms with Crippen LogP contribution in [0.25, 0.3) is 0 Å². The summed E-state index contributed by atoms with van der Waals surface area (Å²) in [5.74, 6) is 0.0388. The van der Waals surface area contributed by atoms with Gasteiger partial charge in [-0.15, -0.1) is 0 Å². The Labute approximate surface area is 161 Å². The van der Waals surface area contributed by atoms with Crippen LogP contribution in [0.4, 0.5) is 0 Å². The number of hydrogen-bond donors (Lipinski definition) is 0. The standard InChI is InChI=1S/C20H29ClN2O3/c1-15-13-22(14-16(2)23(15)11-4-12-26-3)20(25)10-9-19(24)17-5-7-18(21)8-6-17/h5-8,15-16H,4,9-14H2,1-3H3. The first-order valence-electron chi connectivity index (χ1n) is 9.23. The monoisotopic (exact) mass is 380 g/mol. The molecule has 26 heavy (non-hydrogen) atoms. The number of amides is 1. The quantitative estimate of drug-likeness (QED) is 0.513. The number of nitrogens with zero attached hydrogens (tertiary/aromatic N) is 2. The molecule has 1 heterocycles. The summed E-state index contributed by atoms with van der Waals surface area (Å²) in [6, 6.07) is 7.43. The number of carbonyl (C=O) groups excluding carboxylic acids is 2. The Kier molecular flexibility index (Phi) is 8.07. The first-order valence-corrected chi connectivity index (χ1v) is 9.61. The van der Waals surface area contributed by atoms with Crippen LogP contribution in [0.15, 0.2) is 24.3 Å². The molecular formula is C20H29ClN2O3. The number of ether oxygens (including phenoxy) is 1. The molecule has 0 bridgehead atoms. The van der Waals surface area contributed by atoms with Crippen molar-refractivity contribution in [1.29, 1.82) is 0 Å². The minimum atomic E-state index is -0.0192. The van der Waals surface area contributed by atoms with Gasteiger partial charge >= 0.3 is 0 Å². The van der Waals surface area contributed by atoms with E-state index in [1.807, 2.05) is 4.90 Å². The summed E-state index contributed by atoms with van der Waals surface area (Å²) in [7, 11) is 1.72. The fraction of sp³-hybridized carbons (Fsp3) is 0.600. The van der Waals surface area contributed by atoms with Crippen molar-refractivity contribution in [2.24, 2.45) is 0 Å². The lowest BCUT2D eigenvalue weighted by Gasteiger charge is -2.44. The number of benzene rings is 1. The van der Waals surface area contributed by atoms with Crippen LogP contribution in [0.5, 0.6) is 0 Å². The minimum absolute atomic E-state index is 0.0192. The number of methoxy groups -OCH3 is 1. The van der Waals surface area contributed by atoms with Crippen LogP contribution in [0, 0.1) is 0 Å². The van der Waals surface area contributed by atoms with Gasteiger partial charge in [-0.3, -0.25) is 14.5 Å². The molecule has 6 heteroatoms. The second-order valence-electron chi connectivity index (χ2n) is 7.01. The fourth-order valence-corrected chi connectivity index (χ4v) is 3.68. The largest absolute Gasteiger partial charge is 0.385 e. The Morgan fingerprint density at radius 3 is 2.31 bits per heavy atom. The number of hydrogen-bond acceptors (Lipinski definition) is 4. The average molecular weight is 381 g/mol. The molecule has 0 radical (unpaired) electrons. The third kappa shape index (κ3) is 5.79. The lowest BCUT2D eigenvalue weighted by Crippen LogP contribution is -2.58. The van der Waals surface area contributed by atoms with E-state index in [1.54, 1.807) is 31.4 Å². The van der Waals surface area contributed by atoms with Gasteiger partial charge in [-0.1, -0.05) is 11.6 Å². The number of rotatable bonds is 8. The van der Waals surface area contributed by atoms with Crippen LogP contribution in [0.1, 0.15) is 43.5 Å². The van der Waals surface area contributed by atoms with Gasteiger partial charge in [-0.05, 0) is 44.5 Å². The normalized spacial score (nSPS) is 21.0. The minimum Gasteiger partial charge on any atom is -0.385 e. The summed E-state index contributed by atoms with van der Waals surface area (Å²) < 4.78 is 5.13. The molecule has 1 aliphatic heterocycles. The molecule has 1 aromatic rings. The molecule has 1 saturated heterocycles. The van der Waals surface area contributed by atoms with Crippen LogP contribution < -0.4 is 0 Å². The zero-order chi connectivity index (χ0) is 19.1. The highest BCUT2D eigenvalue weighted by Crippen LogP contribution is 2.18. The molecule has 2 unspecified atom stereocenters. The summed E-state index contributed by atoms with van der Waals surface area (Å²) in [5.41, 5.74) is 0.604. The van der Waals surface area contributed by atoms with E-state index in [9.17, 15) is 9.59 Å². The molecule has 1 amide bonds. The van der Waals surface area contributed by atoms with Crippen molar-refractivity contribution in [3.05, 3.63) is 34.9 Å². The Bertz CT molecular complexity index is 594. The Hall–Kier alpha value is -1.43. The Morgan fingerprint density at radius 1 is 1.12 bits per heavy atom. The van der Waals surface area contributed by atoms with E-state index >= 15 is 0 Å². The molecular weight excluding hydrogens is 352 g/mol. The first kappa shape index (κ1) is 20.9. The third-order valence-electron chi connectivity index (χ3n) is 4.95. The van der Waals surface area contributed by atoms with Crippen LogP contribution in [0.3, 0.4) is 0 Å². The Balaban J connectivity index is 1.82. The number of halogens is 1. The summed E-state index contributed by atoms with van der Waals surface area (Å²) in [6.45, 7) is 7.47. The molecule has 0 N–H and O–H groups in total. The zero-order valence-electron chi connectivity index (χ0n) is 15.9. The van der Waals surface area contributed by atoms with Crippen molar-refractivity contribution in [2.75, 3.05) is 33.4 Å². The molecule has 2 atom stereocenters. The van der Waals surface area contributed by atoms with E-state index in [4.69, 9.17) is 16.3 Å². The summed E-state index contributed by atoms with van der Waals surface area (Å²) in [4.78, 5) is 29.1. The van der Waals surface area contributed by atoms with Crippen molar-refractivity contribution in [3.63, 3.8) is 0 Å². The van der Waals surface area contributed by atoms with Gasteiger partial charge < -0.3 is 9.64 Å². The van der Waals surface area contributed by atoms with E-state index in [0.717, 1.165) is 19.6 Å². The lowest BCUT2D eigenvalue weighted by atomic mass is 10.0. The van der Waals surface area contributed by atoms with Crippen molar-refractivity contribution in [3.8, 4) is 0 Å². The molecule has 2 rings (SSSR count). The maximum atomic E-state index is 12.6. The van der Waals surface area contributed by atoms with Crippen molar-refractivity contribution in [2.45, 2.75) is 45.2 Å². The average Bonchev–Trinajstić information content (AvgIpc) is 2.62. The van der Waals surface area contributed by atoms with Gasteiger partial charge in [0, 0.05) is 68.9 Å². The fourth-order valence-electron chi connectivity index (χ4n) is 3.55. The highest BCUT2D eigenvalue weighted by atomic mass is 35.5. The maximum absolute atomic E-state index is 12.6. The number of piperazine rings is 1. The Morgan fingerprint density at radius 2 is 1.73 bits per heavy atom. The highest BCUT2D eigenvalue weighted by Gasteiger charge is 2.31. The van der Waals surface area contributed by atoms with Crippen LogP contribution in [-0.4, -0.2) is 66.9 Å². The van der Waals surface area contributed by atoms with E-state index in [1.165, 1.54) is 0 Å². The van der Waals surface area contributed by atoms with Gasteiger partial charge in [0.15, 0.2) is 5.78 Å². The second kappa shape index (κ2) is 10.0. The summed E-state index contributed by atoms with van der Waals surface area (Å²) in [6.07, 6.45) is 1.48. The zero-order valence-corrected chi connectivity index (χ0v) is 16.7. The molecule has 1 aliphatic rings. The number of Topliss-reactive ketones (excluding diaryl/α,β-unsaturated/α-hetero) is 1. The van der Waals surface area contributed by atoms with Crippen LogP contribution in [0.2, 0.25) is 5.02 Å². The molecule has 144 valence electrons. The van der Waals surface area contributed by atoms with Gasteiger partial charge in [0.25, 0.3) is 0 Å². The molecule has 0 saturated carbocycles. The smallest absolute Gasteiger partial charge is 0.223 e. The number of ketones is 1. The predicted octanol–water partition coefficient (Wildman–Crippen LogP) is 3.26. The summed E-state index contributed by atoms with van der Waals surface area (Å²) in [5, 5.41) is 0.601. The molecule has 0 aromatic heterocycles. The first-order chi connectivity index (χ1) is 12.4. The van der Waals surface area contributed by atoms with E-state index < -0.39 is 0 Å². The topological polar surface area (TPSA) is 49.9 Å². The third-order valence-corrected chi connectivity index (χ3v) is 5.20. The predicted molar refractivity (Wildman–Crippen MR) is 104 cm³/mol. The molecule has 0 aliphatic carbocycles. The lowest BCUT2D eigenvalue weighted by molar-refractivity contribution is -0.135. The van der Waals surface area contributed by atoms with Crippen LogP contribution >= 0.6 is 11.6 Å². The number of carbonyl (C=O) groups is 2. The van der Waals surface area contributed by atoms with E-state index in [0.29, 0.717) is 35.8 Å². The molecule has 1 aromatic carbocycles. The van der Waals surface area contributed by atoms with E-state index in [-0.39, 0.29) is 24.5 Å². The van der Waals surface area contributed by atoms with Gasteiger partial charge in [0.2, 0.25) is 5.91 Å². The second-order valence-corrected chi connectivity index (χ2v) is 7.45. The van der Waals surface area contributed by atoms with Crippen molar-refractivity contribution >= 4 is 23.3 Å². The molecule has 1 fully saturated rings. The molecule has 5 nitrogen and oxygen atoms in total. The van der Waals surface area contributed by atoms with Gasteiger partial charge in [-0.25, -0.2) is 0 Å². The summed E-state index contributed by atoms with van der Waals surface area (Å²) >= 11 is 5.84. The molecule has 0 spiro atoms. The van der Waals surface area contributed by atoms with Crippen LogP contribution in [-0.2, 0) is 9.53 Å².